The predicted molar refractivity (Wildman–Crippen MR) is 76.5 cm³/mol. The van der Waals surface area contributed by atoms with Gasteiger partial charge in [0.2, 0.25) is 5.91 Å². The van der Waals surface area contributed by atoms with Gasteiger partial charge in [-0.25, -0.2) is 0 Å². The summed E-state index contributed by atoms with van der Waals surface area (Å²) in [5, 5.41) is 10.7. The van der Waals surface area contributed by atoms with E-state index in [-0.39, 0.29) is 6.54 Å². The van der Waals surface area contributed by atoms with Gasteiger partial charge in [0, 0.05) is 6.08 Å². The fraction of sp³-hybridized carbons (Fsp3) is 0.333. The molecule has 1 amide bonds. The molecule has 5 heteroatoms. The molecule has 0 unspecified atom stereocenters. The number of carboxylic acid groups (broad SMARTS) is 1. The van der Waals surface area contributed by atoms with E-state index < -0.39 is 11.9 Å². The molecule has 2 N–H and O–H groups in total. The summed E-state index contributed by atoms with van der Waals surface area (Å²) in [4.78, 5) is 21.6. The van der Waals surface area contributed by atoms with Crippen LogP contribution in [0.3, 0.4) is 0 Å². The third-order valence-corrected chi connectivity index (χ3v) is 2.47. The van der Waals surface area contributed by atoms with Crippen molar-refractivity contribution in [1.29, 1.82) is 0 Å². The number of carbonyl (C=O) groups excluding carboxylic acids is 1. The first-order chi connectivity index (χ1) is 9.61. The molecule has 0 aliphatic heterocycles. The van der Waals surface area contributed by atoms with Crippen molar-refractivity contribution in [3.05, 3.63) is 35.9 Å². The summed E-state index contributed by atoms with van der Waals surface area (Å²) in [7, 11) is 0. The van der Waals surface area contributed by atoms with E-state index in [1.54, 1.807) is 6.08 Å². The van der Waals surface area contributed by atoms with Crippen molar-refractivity contribution >= 4 is 18.0 Å². The molecule has 1 aromatic rings. The quantitative estimate of drug-likeness (QED) is 0.563. The predicted octanol–water partition coefficient (Wildman–Crippen LogP) is 2.08. The first-order valence-electron chi connectivity index (χ1n) is 6.52. The Morgan fingerprint density at radius 3 is 2.90 bits per heavy atom. The normalized spacial score (nSPS) is 10.4. The zero-order valence-electron chi connectivity index (χ0n) is 11.5. The van der Waals surface area contributed by atoms with Gasteiger partial charge >= 0.3 is 5.97 Å². The lowest BCUT2D eigenvalue weighted by Crippen LogP contribution is -2.27. The van der Waals surface area contributed by atoms with Crippen LogP contribution < -0.4 is 10.1 Å². The van der Waals surface area contributed by atoms with Crippen LogP contribution in [0.15, 0.2) is 30.3 Å². The van der Waals surface area contributed by atoms with E-state index >= 15 is 0 Å². The number of rotatable bonds is 8. The van der Waals surface area contributed by atoms with Crippen LogP contribution in [0.2, 0.25) is 0 Å². The van der Waals surface area contributed by atoms with Gasteiger partial charge in [0.05, 0.1) is 6.61 Å². The van der Waals surface area contributed by atoms with Crippen molar-refractivity contribution in [3.8, 4) is 5.75 Å². The van der Waals surface area contributed by atoms with E-state index in [2.05, 4.69) is 12.2 Å². The Morgan fingerprint density at radius 2 is 2.20 bits per heavy atom. The van der Waals surface area contributed by atoms with Crippen molar-refractivity contribution in [2.75, 3.05) is 13.2 Å². The fourth-order valence-electron chi connectivity index (χ4n) is 1.44. The maximum Gasteiger partial charge on any atom is 0.322 e. The number of nitrogens with one attached hydrogen (secondary N) is 1. The molecule has 1 rings (SSSR count). The summed E-state index contributed by atoms with van der Waals surface area (Å²) in [6, 6.07) is 7.37. The van der Waals surface area contributed by atoms with Crippen LogP contribution in [-0.2, 0) is 9.59 Å². The van der Waals surface area contributed by atoms with Crippen LogP contribution in [0, 0.1) is 0 Å². The fourth-order valence-corrected chi connectivity index (χ4v) is 1.44. The van der Waals surface area contributed by atoms with Crippen LogP contribution in [0.25, 0.3) is 6.08 Å². The largest absolute Gasteiger partial charge is 0.494 e. The van der Waals surface area contributed by atoms with E-state index in [1.807, 2.05) is 24.3 Å². The van der Waals surface area contributed by atoms with Gasteiger partial charge in [-0.3, -0.25) is 9.59 Å². The number of aliphatic carboxylic acids is 1. The molecule has 0 fully saturated rings. The Kier molecular flexibility index (Phi) is 6.89. The lowest BCUT2D eigenvalue weighted by molar-refractivity contribution is -0.137. The number of carbonyl (C=O) groups is 2. The lowest BCUT2D eigenvalue weighted by atomic mass is 10.2. The smallest absolute Gasteiger partial charge is 0.322 e. The minimum Gasteiger partial charge on any atom is -0.494 e. The van der Waals surface area contributed by atoms with Gasteiger partial charge in [0.15, 0.2) is 0 Å². The molecule has 0 aliphatic rings. The lowest BCUT2D eigenvalue weighted by Gasteiger charge is -2.05. The van der Waals surface area contributed by atoms with Crippen LogP contribution in [0.4, 0.5) is 0 Å². The molecule has 0 bridgehead atoms. The molecular formula is C15H19NO4. The summed E-state index contributed by atoms with van der Waals surface area (Å²) in [5.41, 5.74) is 0.824. The van der Waals surface area contributed by atoms with Gasteiger partial charge in [-0.2, -0.15) is 0 Å². The van der Waals surface area contributed by atoms with Gasteiger partial charge in [-0.05, 0) is 30.2 Å². The molecule has 0 radical (unpaired) electrons. The molecule has 20 heavy (non-hydrogen) atoms. The van der Waals surface area contributed by atoms with Crippen molar-refractivity contribution in [1.82, 2.24) is 5.32 Å². The first-order valence-corrected chi connectivity index (χ1v) is 6.52. The molecule has 1 aromatic carbocycles. The molecule has 0 aromatic heterocycles. The molecule has 0 aliphatic carbocycles. The Labute approximate surface area is 118 Å². The second-order valence-electron chi connectivity index (χ2n) is 4.22. The van der Waals surface area contributed by atoms with Crippen LogP contribution in [-0.4, -0.2) is 30.1 Å². The molecule has 108 valence electrons. The summed E-state index contributed by atoms with van der Waals surface area (Å²) < 4.78 is 5.56. The second-order valence-corrected chi connectivity index (χ2v) is 4.22. The zero-order valence-corrected chi connectivity index (χ0v) is 11.5. The number of amides is 1. The Morgan fingerprint density at radius 1 is 1.40 bits per heavy atom. The highest BCUT2D eigenvalue weighted by molar-refractivity contribution is 5.93. The Hall–Kier alpha value is -2.30. The maximum atomic E-state index is 11.3. The van der Waals surface area contributed by atoms with E-state index in [0.29, 0.717) is 6.61 Å². The van der Waals surface area contributed by atoms with Gasteiger partial charge in [0.1, 0.15) is 12.3 Å². The van der Waals surface area contributed by atoms with Gasteiger partial charge in [0.25, 0.3) is 0 Å². The highest BCUT2D eigenvalue weighted by Crippen LogP contribution is 2.14. The Bertz CT molecular complexity index is 483. The van der Waals surface area contributed by atoms with Gasteiger partial charge in [-0.15, -0.1) is 0 Å². The maximum absolute atomic E-state index is 11.3. The molecule has 0 atom stereocenters. The summed E-state index contributed by atoms with van der Waals surface area (Å²) in [6.07, 6.45) is 4.99. The SMILES string of the molecule is CCCCOc1cccc(/C=C/C(=O)NCC(=O)O)c1. The average Bonchev–Trinajstić information content (AvgIpc) is 2.43. The number of hydrogen-bond donors (Lipinski definition) is 2. The van der Waals surface area contributed by atoms with E-state index in [1.165, 1.54) is 6.08 Å². The molecule has 0 saturated carbocycles. The average molecular weight is 277 g/mol. The Balaban J connectivity index is 2.52. The third kappa shape index (κ3) is 6.58. The number of carboxylic acids is 1. The molecule has 0 saturated heterocycles. The topological polar surface area (TPSA) is 75.6 Å². The number of benzene rings is 1. The van der Waals surface area contributed by atoms with Crippen molar-refractivity contribution in [2.24, 2.45) is 0 Å². The van der Waals surface area contributed by atoms with Crippen LogP contribution >= 0.6 is 0 Å². The van der Waals surface area contributed by atoms with Gasteiger partial charge < -0.3 is 15.2 Å². The number of hydrogen-bond acceptors (Lipinski definition) is 3. The molecule has 0 spiro atoms. The van der Waals surface area contributed by atoms with Crippen molar-refractivity contribution in [2.45, 2.75) is 19.8 Å². The minimum atomic E-state index is -1.07. The van der Waals surface area contributed by atoms with E-state index in [4.69, 9.17) is 9.84 Å². The number of ether oxygens (including phenoxy) is 1. The van der Waals surface area contributed by atoms with Crippen LogP contribution in [0.5, 0.6) is 5.75 Å². The van der Waals surface area contributed by atoms with Crippen molar-refractivity contribution < 1.29 is 19.4 Å². The van der Waals surface area contributed by atoms with Crippen LogP contribution in [0.1, 0.15) is 25.3 Å². The van der Waals surface area contributed by atoms with E-state index in [0.717, 1.165) is 24.2 Å². The summed E-state index contributed by atoms with van der Waals surface area (Å²) in [6.45, 7) is 2.38. The minimum absolute atomic E-state index is 0.386. The third-order valence-electron chi connectivity index (χ3n) is 2.47. The highest BCUT2D eigenvalue weighted by Gasteiger charge is 1.99. The molecule has 5 nitrogen and oxygen atoms in total. The van der Waals surface area contributed by atoms with Crippen molar-refractivity contribution in [3.63, 3.8) is 0 Å². The monoisotopic (exact) mass is 277 g/mol. The summed E-state index contributed by atoms with van der Waals surface area (Å²) in [5.74, 6) is -0.755. The molecule has 0 heterocycles. The zero-order chi connectivity index (χ0) is 14.8. The molecular weight excluding hydrogens is 258 g/mol. The standard InChI is InChI=1S/C15H19NO4/c1-2-3-9-20-13-6-4-5-12(10-13)7-8-14(17)16-11-15(18)19/h4-8,10H,2-3,9,11H2,1H3,(H,16,17)(H,18,19)/b8-7+. The summed E-state index contributed by atoms with van der Waals surface area (Å²) >= 11 is 0. The van der Waals surface area contributed by atoms with Gasteiger partial charge in [-0.1, -0.05) is 25.5 Å². The number of unbranched alkanes of at least 4 members (excludes halogenated alkanes) is 1. The highest BCUT2D eigenvalue weighted by atomic mass is 16.5. The second kappa shape index (κ2) is 8.74. The van der Waals surface area contributed by atoms with E-state index in [9.17, 15) is 9.59 Å². The first kappa shape index (κ1) is 15.8.